The Bertz CT molecular complexity index is 1650. The van der Waals surface area contributed by atoms with E-state index in [1.54, 1.807) is 18.5 Å². The van der Waals surface area contributed by atoms with E-state index in [2.05, 4.69) is 36.2 Å². The third-order valence-corrected chi connectivity index (χ3v) is 6.08. The molecule has 162 valence electrons. The smallest absolute Gasteiger partial charge is 0.181 e. The third-order valence-electron chi connectivity index (χ3n) is 6.08. The van der Waals surface area contributed by atoms with Gasteiger partial charge in [0.25, 0.3) is 0 Å². The number of fused-ring (bicyclic) bond motifs is 2. The molecule has 0 fully saturated rings. The summed E-state index contributed by atoms with van der Waals surface area (Å²) in [5.41, 5.74) is 7.54. The molecule has 0 saturated carbocycles. The predicted octanol–water partition coefficient (Wildman–Crippen LogP) is 5.32. The Labute approximate surface area is 188 Å². The molecule has 0 aliphatic heterocycles. The Hall–Kier alpha value is -4.33. The van der Waals surface area contributed by atoms with E-state index in [0.717, 1.165) is 61.6 Å². The van der Waals surface area contributed by atoms with Gasteiger partial charge in [-0.25, -0.2) is 19.3 Å². The van der Waals surface area contributed by atoms with Gasteiger partial charge in [-0.15, -0.1) is 0 Å². The molecule has 5 aromatic heterocycles. The zero-order chi connectivity index (χ0) is 22.7. The minimum atomic E-state index is -0.255. The van der Waals surface area contributed by atoms with Crippen LogP contribution >= 0.6 is 0 Å². The number of halogens is 1. The molecule has 0 aliphatic rings. The zero-order valence-corrected chi connectivity index (χ0v) is 18.3. The maximum absolute atomic E-state index is 14.1. The average molecular weight is 437 g/mol. The van der Waals surface area contributed by atoms with Crippen molar-refractivity contribution < 1.29 is 4.39 Å². The first-order valence-electron chi connectivity index (χ1n) is 10.6. The molecule has 0 radical (unpaired) electrons. The van der Waals surface area contributed by atoms with Crippen LogP contribution in [0.5, 0.6) is 0 Å². The second-order valence-electron chi connectivity index (χ2n) is 8.26. The van der Waals surface area contributed by atoms with Crippen molar-refractivity contribution in [2.24, 2.45) is 7.05 Å². The number of hydrogen-bond donors (Lipinski definition) is 2. The summed E-state index contributed by atoms with van der Waals surface area (Å²) in [6.45, 7) is 3.85. The number of nitrogens with zero attached hydrogens (tertiary/aromatic N) is 5. The standard InChI is InChI=1S/C25H20FN7/c1-13-6-15(8-17(26)7-13)18-4-5-27-24-19(18)10-21(30-24)23-20-9-16(11-29-25(20)32-31-23)22-12-28-14(2)33(22)3/h4-12H,1-3H3,(H,27,30)(H,29,31,32). The zero-order valence-electron chi connectivity index (χ0n) is 18.3. The van der Waals surface area contributed by atoms with Crippen molar-refractivity contribution in [1.29, 1.82) is 0 Å². The molecule has 0 aliphatic carbocycles. The van der Waals surface area contributed by atoms with Crippen molar-refractivity contribution in [3.05, 3.63) is 72.2 Å². The monoisotopic (exact) mass is 437 g/mol. The molecule has 0 unspecified atom stereocenters. The topological polar surface area (TPSA) is 88.1 Å². The number of aromatic nitrogens is 7. The minimum Gasteiger partial charge on any atom is -0.338 e. The van der Waals surface area contributed by atoms with E-state index >= 15 is 0 Å². The number of rotatable bonds is 3. The number of H-pyrrole nitrogens is 2. The van der Waals surface area contributed by atoms with Crippen LogP contribution in [0, 0.1) is 19.7 Å². The summed E-state index contributed by atoms with van der Waals surface area (Å²) >= 11 is 0. The number of hydrogen-bond acceptors (Lipinski definition) is 4. The van der Waals surface area contributed by atoms with Crippen LogP contribution in [0.4, 0.5) is 4.39 Å². The lowest BCUT2D eigenvalue weighted by atomic mass is 10.0. The first kappa shape index (κ1) is 19.4. The quantitative estimate of drug-likeness (QED) is 0.392. The molecule has 6 aromatic rings. The first-order chi connectivity index (χ1) is 16.0. The molecule has 0 saturated heterocycles. The van der Waals surface area contributed by atoms with Crippen LogP contribution in [0.25, 0.3) is 55.8 Å². The van der Waals surface area contributed by atoms with Crippen LogP contribution in [0.3, 0.4) is 0 Å². The Kier molecular flexibility index (Phi) is 4.16. The van der Waals surface area contributed by atoms with Crippen LogP contribution in [0.1, 0.15) is 11.4 Å². The molecular weight excluding hydrogens is 417 g/mol. The molecule has 6 rings (SSSR count). The van der Waals surface area contributed by atoms with Gasteiger partial charge in [0.15, 0.2) is 5.65 Å². The van der Waals surface area contributed by atoms with Gasteiger partial charge in [0.2, 0.25) is 0 Å². The summed E-state index contributed by atoms with van der Waals surface area (Å²) in [7, 11) is 1.98. The van der Waals surface area contributed by atoms with Crippen molar-refractivity contribution >= 4 is 22.1 Å². The Morgan fingerprint density at radius 3 is 2.58 bits per heavy atom. The molecule has 5 heterocycles. The Morgan fingerprint density at radius 1 is 0.909 bits per heavy atom. The lowest BCUT2D eigenvalue weighted by molar-refractivity contribution is 0.627. The largest absolute Gasteiger partial charge is 0.338 e. The second kappa shape index (κ2) is 7.09. The average Bonchev–Trinajstić information content (AvgIpc) is 3.49. The van der Waals surface area contributed by atoms with Crippen molar-refractivity contribution in [2.45, 2.75) is 13.8 Å². The maximum atomic E-state index is 14.1. The number of aryl methyl sites for hydroxylation is 2. The summed E-state index contributed by atoms with van der Waals surface area (Å²) in [4.78, 5) is 16.8. The van der Waals surface area contributed by atoms with Gasteiger partial charge in [0, 0.05) is 35.8 Å². The summed E-state index contributed by atoms with van der Waals surface area (Å²) in [5.74, 6) is 0.675. The van der Waals surface area contributed by atoms with E-state index in [-0.39, 0.29) is 5.82 Å². The van der Waals surface area contributed by atoms with Crippen molar-refractivity contribution in [1.82, 2.24) is 34.7 Å². The van der Waals surface area contributed by atoms with Gasteiger partial charge in [0.05, 0.1) is 23.3 Å². The minimum absolute atomic E-state index is 0.255. The van der Waals surface area contributed by atoms with Gasteiger partial charge < -0.3 is 9.55 Å². The van der Waals surface area contributed by atoms with Crippen molar-refractivity contribution in [2.75, 3.05) is 0 Å². The molecule has 0 spiro atoms. The molecular formula is C25H20FN7. The summed E-state index contributed by atoms with van der Waals surface area (Å²) in [6, 6.07) is 11.0. The highest BCUT2D eigenvalue weighted by Gasteiger charge is 2.16. The molecule has 0 bridgehead atoms. The lowest BCUT2D eigenvalue weighted by Crippen LogP contribution is -1.94. The van der Waals surface area contributed by atoms with E-state index < -0.39 is 0 Å². The molecule has 8 heteroatoms. The summed E-state index contributed by atoms with van der Waals surface area (Å²) < 4.78 is 16.1. The normalized spacial score (nSPS) is 11.6. The van der Waals surface area contributed by atoms with Crippen LogP contribution in [-0.2, 0) is 7.05 Å². The fourth-order valence-electron chi connectivity index (χ4n) is 4.32. The number of aromatic amines is 2. The number of pyridine rings is 2. The van der Waals surface area contributed by atoms with E-state index in [1.165, 1.54) is 6.07 Å². The van der Waals surface area contributed by atoms with Gasteiger partial charge in [0.1, 0.15) is 17.3 Å². The highest BCUT2D eigenvalue weighted by molar-refractivity contribution is 5.99. The molecule has 1 aromatic carbocycles. The molecule has 7 nitrogen and oxygen atoms in total. The van der Waals surface area contributed by atoms with Crippen molar-refractivity contribution in [3.63, 3.8) is 0 Å². The van der Waals surface area contributed by atoms with Gasteiger partial charge >= 0.3 is 0 Å². The third kappa shape index (κ3) is 3.10. The molecule has 33 heavy (non-hydrogen) atoms. The van der Waals surface area contributed by atoms with Gasteiger partial charge in [-0.3, -0.25) is 5.10 Å². The molecule has 0 atom stereocenters. The van der Waals surface area contributed by atoms with Crippen LogP contribution in [0.2, 0.25) is 0 Å². The molecule has 2 N–H and O–H groups in total. The SMILES string of the molecule is Cc1cc(F)cc(-c2ccnc3[nH]c(-c4[nH]nc5ncc(-c6cnc(C)n6C)cc45)cc23)c1. The van der Waals surface area contributed by atoms with Crippen molar-refractivity contribution in [3.8, 4) is 33.8 Å². The van der Waals surface area contributed by atoms with Gasteiger partial charge in [-0.1, -0.05) is 6.07 Å². The van der Waals surface area contributed by atoms with Crippen LogP contribution < -0.4 is 0 Å². The van der Waals surface area contributed by atoms with E-state index in [1.807, 2.05) is 49.9 Å². The van der Waals surface area contributed by atoms with E-state index in [4.69, 9.17) is 0 Å². The predicted molar refractivity (Wildman–Crippen MR) is 126 cm³/mol. The highest BCUT2D eigenvalue weighted by Crippen LogP contribution is 2.34. The first-order valence-corrected chi connectivity index (χ1v) is 10.6. The van der Waals surface area contributed by atoms with Gasteiger partial charge in [-0.2, -0.15) is 5.10 Å². The Morgan fingerprint density at radius 2 is 1.79 bits per heavy atom. The number of benzene rings is 1. The van der Waals surface area contributed by atoms with E-state index in [9.17, 15) is 4.39 Å². The van der Waals surface area contributed by atoms with Crippen LogP contribution in [0.15, 0.2) is 55.0 Å². The summed E-state index contributed by atoms with van der Waals surface area (Å²) in [6.07, 6.45) is 5.38. The fourth-order valence-corrected chi connectivity index (χ4v) is 4.32. The number of nitrogens with one attached hydrogen (secondary N) is 2. The van der Waals surface area contributed by atoms with Gasteiger partial charge in [-0.05, 0) is 60.9 Å². The molecule has 0 amide bonds. The fraction of sp³-hybridized carbons (Fsp3) is 0.120. The van der Waals surface area contributed by atoms with E-state index in [0.29, 0.717) is 5.65 Å². The number of imidazole rings is 1. The summed E-state index contributed by atoms with van der Waals surface area (Å²) in [5, 5.41) is 9.29. The second-order valence-corrected chi connectivity index (χ2v) is 8.26. The highest BCUT2D eigenvalue weighted by atomic mass is 19.1. The maximum Gasteiger partial charge on any atom is 0.181 e. The Balaban J connectivity index is 1.52. The van der Waals surface area contributed by atoms with Crippen LogP contribution in [-0.4, -0.2) is 34.7 Å². The lowest BCUT2D eigenvalue weighted by Gasteiger charge is -2.05.